The molecule has 0 radical (unpaired) electrons. The average Bonchev–Trinajstić information content (AvgIpc) is 2.27. The molecule has 0 atom stereocenters. The van der Waals surface area contributed by atoms with E-state index in [2.05, 4.69) is 10.2 Å². The minimum atomic E-state index is -0.847. The number of hydrogen-bond donors (Lipinski definition) is 0. The quantitative estimate of drug-likeness (QED) is 0.413. The van der Waals surface area contributed by atoms with Crippen LogP contribution in [0.1, 0.15) is 26.7 Å². The summed E-state index contributed by atoms with van der Waals surface area (Å²) in [7, 11) is -1.69. The van der Waals surface area contributed by atoms with Gasteiger partial charge in [0.05, 0.1) is 0 Å². The molecular weight excluding hydrogens is 244 g/mol. The second-order valence-corrected chi connectivity index (χ2v) is 5.94. The van der Waals surface area contributed by atoms with Gasteiger partial charge in [0.15, 0.2) is 0 Å². The third-order valence-electron chi connectivity index (χ3n) is 1.66. The van der Waals surface area contributed by atoms with E-state index < -0.39 is 31.7 Å². The van der Waals surface area contributed by atoms with Crippen LogP contribution in [0.4, 0.5) is 9.59 Å². The molecule has 0 rings (SSSR count). The van der Waals surface area contributed by atoms with E-state index >= 15 is 0 Å². The Balaban J connectivity index is 3.63. The molecule has 0 aliphatic heterocycles. The van der Waals surface area contributed by atoms with Gasteiger partial charge in [-0.3, -0.25) is 0 Å². The summed E-state index contributed by atoms with van der Waals surface area (Å²) in [6, 6.07) is 1.82. The first kappa shape index (κ1) is 15.0. The Morgan fingerprint density at radius 3 is 1.62 bits per heavy atom. The molecule has 0 spiro atoms. The molecule has 0 saturated heterocycles. The van der Waals surface area contributed by atoms with E-state index in [1.54, 1.807) is 0 Å². The Kier molecular flexibility index (Phi) is 9.82. The lowest BCUT2D eigenvalue weighted by atomic mass is 10.6. The van der Waals surface area contributed by atoms with Gasteiger partial charge < -0.3 is 8.85 Å². The van der Waals surface area contributed by atoms with Crippen molar-refractivity contribution in [3.05, 3.63) is 0 Å². The Labute approximate surface area is 99.7 Å². The topological polar surface area (TPSA) is 77.3 Å². The fourth-order valence-electron chi connectivity index (χ4n) is 0.747. The zero-order valence-electron chi connectivity index (χ0n) is 9.77. The second kappa shape index (κ2) is 10.5. The molecule has 6 nitrogen and oxygen atoms in total. The van der Waals surface area contributed by atoms with Gasteiger partial charge in [-0.1, -0.05) is 36.9 Å². The largest absolute Gasteiger partial charge is 0.507 e. The van der Waals surface area contributed by atoms with Crippen LogP contribution in [-0.4, -0.2) is 31.7 Å². The Morgan fingerprint density at radius 2 is 1.31 bits per heavy atom. The fourth-order valence-corrected chi connectivity index (χ4v) is 2.08. The van der Waals surface area contributed by atoms with Crippen molar-refractivity contribution in [2.45, 2.75) is 38.8 Å². The van der Waals surface area contributed by atoms with Crippen molar-refractivity contribution >= 4 is 31.7 Å². The van der Waals surface area contributed by atoms with Crippen LogP contribution in [-0.2, 0) is 8.85 Å². The number of hydrogen-bond acceptors (Lipinski definition) is 4. The van der Waals surface area contributed by atoms with Gasteiger partial charge in [-0.25, -0.2) is 9.59 Å². The molecule has 0 aliphatic carbocycles. The van der Waals surface area contributed by atoms with Gasteiger partial charge in [0.25, 0.3) is 0 Å². The van der Waals surface area contributed by atoms with Crippen LogP contribution < -0.4 is 0 Å². The van der Waals surface area contributed by atoms with Crippen LogP contribution >= 0.6 is 0 Å². The summed E-state index contributed by atoms with van der Waals surface area (Å²) in [6.07, 6.45) is 0.409. The lowest BCUT2D eigenvalue weighted by Gasteiger charge is -1.98. The first-order chi connectivity index (χ1) is 7.70. The summed E-state index contributed by atoms with van der Waals surface area (Å²) in [5, 5.41) is 6.24. The molecule has 2 amide bonds. The molecule has 16 heavy (non-hydrogen) atoms. The molecule has 92 valence electrons. The molecule has 0 N–H and O–H groups in total. The SMILES string of the molecule is CCC[SiH2]OC(=O)/N=N/C(=O)O[SiH2]CCC. The van der Waals surface area contributed by atoms with Crippen LogP contribution in [0.2, 0.25) is 12.1 Å². The van der Waals surface area contributed by atoms with Crippen LogP contribution in [0.25, 0.3) is 0 Å². The summed E-state index contributed by atoms with van der Waals surface area (Å²) in [5.74, 6) is 0. The zero-order valence-corrected chi connectivity index (χ0v) is 12.6. The van der Waals surface area contributed by atoms with Crippen molar-refractivity contribution in [2.24, 2.45) is 10.2 Å². The van der Waals surface area contributed by atoms with Crippen molar-refractivity contribution in [3.63, 3.8) is 0 Å². The lowest BCUT2D eigenvalue weighted by molar-refractivity contribution is 0.202. The van der Waals surface area contributed by atoms with Gasteiger partial charge in [0.2, 0.25) is 19.5 Å². The molecule has 0 fully saturated rings. The minimum Gasteiger partial charge on any atom is -0.507 e. The number of amides is 2. The maximum absolute atomic E-state index is 10.9. The van der Waals surface area contributed by atoms with Gasteiger partial charge in [-0.2, -0.15) is 0 Å². The first-order valence-electron chi connectivity index (χ1n) is 5.46. The number of rotatable bonds is 6. The molecule has 0 aromatic rings. The molecule has 0 saturated carbocycles. The number of carbonyl (C=O) groups is 2. The standard InChI is InChI=1S/C8H18N2O4Si2/c1-3-5-15-13-7(11)9-10-8(12)14-16-6-4-2/h3-6,15-16H2,1-2H3/b10-9+. The summed E-state index contributed by atoms with van der Waals surface area (Å²) in [6.45, 7) is 4.02. The van der Waals surface area contributed by atoms with Gasteiger partial charge in [0, 0.05) is 0 Å². The predicted octanol–water partition coefficient (Wildman–Crippen LogP) is 1.54. The van der Waals surface area contributed by atoms with Gasteiger partial charge in [-0.15, -0.1) is 0 Å². The Bertz CT molecular complexity index is 224. The molecule has 8 heteroatoms. The van der Waals surface area contributed by atoms with E-state index in [1.165, 1.54) is 0 Å². The fraction of sp³-hybridized carbons (Fsp3) is 0.750. The maximum Gasteiger partial charge on any atom is 0.438 e. The predicted molar refractivity (Wildman–Crippen MR) is 65.1 cm³/mol. The van der Waals surface area contributed by atoms with E-state index in [0.29, 0.717) is 0 Å². The third kappa shape index (κ3) is 9.53. The molecule has 0 aromatic heterocycles. The third-order valence-corrected chi connectivity index (χ3v) is 4.55. The number of azo groups is 1. The number of nitrogens with zero attached hydrogens (tertiary/aromatic N) is 2. The van der Waals surface area contributed by atoms with Crippen molar-refractivity contribution < 1.29 is 18.4 Å². The number of carbonyl (C=O) groups excluding carboxylic acids is 2. The van der Waals surface area contributed by atoms with Crippen LogP contribution in [0.15, 0.2) is 10.2 Å². The maximum atomic E-state index is 10.9. The molecule has 0 bridgehead atoms. The smallest absolute Gasteiger partial charge is 0.438 e. The van der Waals surface area contributed by atoms with E-state index in [0.717, 1.165) is 24.9 Å². The lowest BCUT2D eigenvalue weighted by Crippen LogP contribution is -2.06. The van der Waals surface area contributed by atoms with E-state index in [9.17, 15) is 9.59 Å². The average molecular weight is 262 g/mol. The monoisotopic (exact) mass is 262 g/mol. The van der Waals surface area contributed by atoms with Gasteiger partial charge in [0.1, 0.15) is 0 Å². The van der Waals surface area contributed by atoms with E-state index in [-0.39, 0.29) is 0 Å². The van der Waals surface area contributed by atoms with E-state index in [4.69, 9.17) is 8.85 Å². The summed E-state index contributed by atoms with van der Waals surface area (Å²) < 4.78 is 9.60. The second-order valence-electron chi connectivity index (χ2n) is 3.14. The minimum absolute atomic E-state index is 0.783. The highest BCUT2D eigenvalue weighted by Gasteiger charge is 2.02. The molecular formula is C8H18N2O4Si2. The van der Waals surface area contributed by atoms with Crippen molar-refractivity contribution in [2.75, 3.05) is 0 Å². The Hall–Kier alpha value is -1.03. The van der Waals surface area contributed by atoms with Gasteiger partial charge >= 0.3 is 12.2 Å². The summed E-state index contributed by atoms with van der Waals surface area (Å²) >= 11 is 0. The normalized spacial score (nSPS) is 11.9. The summed E-state index contributed by atoms with van der Waals surface area (Å²) in [4.78, 5) is 21.8. The van der Waals surface area contributed by atoms with Gasteiger partial charge in [-0.05, 0) is 12.1 Å². The van der Waals surface area contributed by atoms with Crippen LogP contribution in [0, 0.1) is 0 Å². The highest BCUT2D eigenvalue weighted by atomic mass is 28.2. The van der Waals surface area contributed by atoms with Crippen molar-refractivity contribution in [3.8, 4) is 0 Å². The molecule has 0 heterocycles. The summed E-state index contributed by atoms with van der Waals surface area (Å²) in [5.41, 5.74) is 0. The molecule has 0 unspecified atom stereocenters. The molecule has 0 aromatic carbocycles. The van der Waals surface area contributed by atoms with E-state index in [1.807, 2.05) is 13.8 Å². The van der Waals surface area contributed by atoms with Crippen molar-refractivity contribution in [1.29, 1.82) is 0 Å². The van der Waals surface area contributed by atoms with Crippen molar-refractivity contribution in [1.82, 2.24) is 0 Å². The highest BCUT2D eigenvalue weighted by Crippen LogP contribution is 1.93. The highest BCUT2D eigenvalue weighted by molar-refractivity contribution is 6.30. The zero-order chi connectivity index (χ0) is 12.2. The van der Waals surface area contributed by atoms with Crippen LogP contribution in [0.5, 0.6) is 0 Å². The first-order valence-corrected chi connectivity index (χ1v) is 8.61. The molecule has 0 aliphatic rings. The van der Waals surface area contributed by atoms with Crippen LogP contribution in [0.3, 0.4) is 0 Å². The Morgan fingerprint density at radius 1 is 0.938 bits per heavy atom.